The first-order valence-electron chi connectivity index (χ1n) is 8.41. The Bertz CT molecular complexity index is 721. The van der Waals surface area contributed by atoms with Crippen LogP contribution in [0.4, 0.5) is 5.13 Å². The molecule has 2 fully saturated rings. The third-order valence-electron chi connectivity index (χ3n) is 4.88. The van der Waals surface area contributed by atoms with Crippen LogP contribution in [-0.4, -0.2) is 42.0 Å². The average molecular weight is 362 g/mol. The average Bonchev–Trinajstić information content (AvgIpc) is 3.28. The number of hydrogen-bond acceptors (Lipinski definition) is 4. The molecule has 0 spiro atoms. The Morgan fingerprint density at radius 3 is 2.96 bits per heavy atom. The first-order valence-corrected chi connectivity index (χ1v) is 9.67. The number of amides is 1. The van der Waals surface area contributed by atoms with E-state index in [1.807, 2.05) is 34.7 Å². The standard InChI is InChI=1S/C18H20ClN3OS/c19-14-4-1-3-13(11-14)15-12-16(15)17(23)21-6-2-7-22(9-8-21)18-20-5-10-24-18/h1,3-5,10-11,15-16H,2,6-9,12H2/t15-,16-/m1/s1. The molecule has 24 heavy (non-hydrogen) atoms. The lowest BCUT2D eigenvalue weighted by atomic mass is 10.1. The van der Waals surface area contributed by atoms with Crippen molar-refractivity contribution in [3.63, 3.8) is 0 Å². The minimum absolute atomic E-state index is 0.134. The van der Waals surface area contributed by atoms with Gasteiger partial charge in [-0.25, -0.2) is 4.98 Å². The summed E-state index contributed by atoms with van der Waals surface area (Å²) in [5.74, 6) is 0.783. The van der Waals surface area contributed by atoms with E-state index in [2.05, 4.69) is 16.0 Å². The van der Waals surface area contributed by atoms with Crippen LogP contribution in [0, 0.1) is 5.92 Å². The minimum Gasteiger partial charge on any atom is -0.346 e. The van der Waals surface area contributed by atoms with Crippen molar-refractivity contribution in [2.24, 2.45) is 5.92 Å². The highest BCUT2D eigenvalue weighted by atomic mass is 35.5. The van der Waals surface area contributed by atoms with Crippen LogP contribution in [0.3, 0.4) is 0 Å². The van der Waals surface area contributed by atoms with Crippen molar-refractivity contribution in [1.29, 1.82) is 0 Å². The molecule has 2 heterocycles. The maximum Gasteiger partial charge on any atom is 0.226 e. The fourth-order valence-corrected chi connectivity index (χ4v) is 4.40. The molecule has 1 aromatic heterocycles. The van der Waals surface area contributed by atoms with Gasteiger partial charge in [-0.2, -0.15) is 0 Å². The van der Waals surface area contributed by atoms with Gasteiger partial charge in [0.2, 0.25) is 5.91 Å². The van der Waals surface area contributed by atoms with Crippen molar-refractivity contribution in [1.82, 2.24) is 9.88 Å². The molecular weight excluding hydrogens is 342 g/mol. The summed E-state index contributed by atoms with van der Waals surface area (Å²) in [6.07, 6.45) is 3.79. The smallest absolute Gasteiger partial charge is 0.226 e. The molecule has 0 N–H and O–H groups in total. The van der Waals surface area contributed by atoms with Gasteiger partial charge in [0.25, 0.3) is 0 Å². The third-order valence-corrected chi connectivity index (χ3v) is 5.95. The topological polar surface area (TPSA) is 36.4 Å². The summed E-state index contributed by atoms with van der Waals surface area (Å²) in [6, 6.07) is 7.92. The van der Waals surface area contributed by atoms with E-state index in [1.165, 1.54) is 5.56 Å². The molecule has 126 valence electrons. The summed E-state index contributed by atoms with van der Waals surface area (Å²) < 4.78 is 0. The SMILES string of the molecule is O=C([C@@H]1C[C@@H]1c1cccc(Cl)c1)N1CCCN(c2nccs2)CC1. The summed E-state index contributed by atoms with van der Waals surface area (Å²) in [7, 11) is 0. The van der Waals surface area contributed by atoms with Crippen LogP contribution in [0.2, 0.25) is 5.02 Å². The lowest BCUT2D eigenvalue weighted by molar-refractivity contribution is -0.132. The van der Waals surface area contributed by atoms with Crippen molar-refractivity contribution in [2.75, 3.05) is 31.1 Å². The van der Waals surface area contributed by atoms with E-state index >= 15 is 0 Å². The predicted octanol–water partition coefficient (Wildman–Crippen LogP) is 3.64. The molecule has 1 aromatic carbocycles. The highest BCUT2D eigenvalue weighted by molar-refractivity contribution is 7.13. The van der Waals surface area contributed by atoms with Crippen LogP contribution in [0.5, 0.6) is 0 Å². The van der Waals surface area contributed by atoms with Crippen LogP contribution in [0.25, 0.3) is 0 Å². The first kappa shape index (κ1) is 15.9. The molecule has 4 rings (SSSR count). The Balaban J connectivity index is 1.37. The molecule has 4 nitrogen and oxygen atoms in total. The number of carbonyl (C=O) groups excluding carboxylic acids is 1. The van der Waals surface area contributed by atoms with Crippen molar-refractivity contribution in [3.05, 3.63) is 46.4 Å². The van der Waals surface area contributed by atoms with Crippen molar-refractivity contribution >= 4 is 34.0 Å². The van der Waals surface area contributed by atoms with Gasteiger partial charge in [-0.1, -0.05) is 23.7 Å². The molecule has 0 unspecified atom stereocenters. The quantitative estimate of drug-likeness (QED) is 0.837. The van der Waals surface area contributed by atoms with Gasteiger partial charge in [-0.3, -0.25) is 4.79 Å². The van der Waals surface area contributed by atoms with E-state index in [9.17, 15) is 4.79 Å². The summed E-state index contributed by atoms with van der Waals surface area (Å²) in [6.45, 7) is 3.48. The van der Waals surface area contributed by atoms with Crippen LogP contribution in [-0.2, 0) is 4.79 Å². The van der Waals surface area contributed by atoms with E-state index in [0.717, 1.165) is 49.2 Å². The lowest BCUT2D eigenvalue weighted by Crippen LogP contribution is -2.36. The zero-order valence-corrected chi connectivity index (χ0v) is 15.0. The van der Waals surface area contributed by atoms with Gasteiger partial charge in [0.15, 0.2) is 5.13 Å². The number of hydrogen-bond donors (Lipinski definition) is 0. The highest BCUT2D eigenvalue weighted by Crippen LogP contribution is 2.48. The van der Waals surface area contributed by atoms with Gasteiger partial charge < -0.3 is 9.80 Å². The van der Waals surface area contributed by atoms with E-state index in [1.54, 1.807) is 11.3 Å². The maximum atomic E-state index is 12.8. The van der Waals surface area contributed by atoms with E-state index in [0.29, 0.717) is 11.8 Å². The molecule has 1 aliphatic carbocycles. The van der Waals surface area contributed by atoms with Crippen molar-refractivity contribution < 1.29 is 4.79 Å². The second kappa shape index (κ2) is 6.73. The number of halogens is 1. The molecule has 0 bridgehead atoms. The van der Waals surface area contributed by atoms with Crippen molar-refractivity contribution in [2.45, 2.75) is 18.8 Å². The molecular formula is C18H20ClN3OS. The second-order valence-electron chi connectivity index (χ2n) is 6.48. The molecule has 2 aromatic rings. The van der Waals surface area contributed by atoms with Crippen LogP contribution >= 0.6 is 22.9 Å². The Morgan fingerprint density at radius 2 is 2.17 bits per heavy atom. The Labute approximate surface area is 151 Å². The number of thiazole rings is 1. The largest absolute Gasteiger partial charge is 0.346 e. The predicted molar refractivity (Wildman–Crippen MR) is 97.8 cm³/mol. The van der Waals surface area contributed by atoms with Crippen LogP contribution in [0.15, 0.2) is 35.8 Å². The van der Waals surface area contributed by atoms with E-state index in [4.69, 9.17) is 11.6 Å². The summed E-state index contributed by atoms with van der Waals surface area (Å²) in [5.41, 5.74) is 1.19. The van der Waals surface area contributed by atoms with Crippen molar-refractivity contribution in [3.8, 4) is 0 Å². The molecule has 1 saturated heterocycles. The normalized spacial score (nSPS) is 23.9. The van der Waals surface area contributed by atoms with Crippen LogP contribution < -0.4 is 4.90 Å². The van der Waals surface area contributed by atoms with Gasteiger partial charge in [0.1, 0.15) is 0 Å². The molecule has 0 radical (unpaired) electrons. The monoisotopic (exact) mass is 361 g/mol. The maximum absolute atomic E-state index is 12.8. The molecule has 1 saturated carbocycles. The van der Waals surface area contributed by atoms with E-state index in [-0.39, 0.29) is 5.92 Å². The van der Waals surface area contributed by atoms with Gasteiger partial charge in [0, 0.05) is 48.7 Å². The number of anilines is 1. The molecule has 2 aliphatic rings. The number of nitrogens with zero attached hydrogens (tertiary/aromatic N) is 3. The zero-order chi connectivity index (χ0) is 16.5. The fraction of sp³-hybridized carbons (Fsp3) is 0.444. The summed E-state index contributed by atoms with van der Waals surface area (Å²) in [4.78, 5) is 21.6. The van der Waals surface area contributed by atoms with Gasteiger partial charge >= 0.3 is 0 Å². The molecule has 6 heteroatoms. The zero-order valence-electron chi connectivity index (χ0n) is 13.4. The first-order chi connectivity index (χ1) is 11.7. The Morgan fingerprint density at radius 1 is 1.25 bits per heavy atom. The Kier molecular flexibility index (Phi) is 4.46. The van der Waals surface area contributed by atoms with E-state index < -0.39 is 0 Å². The fourth-order valence-electron chi connectivity index (χ4n) is 3.51. The lowest BCUT2D eigenvalue weighted by Gasteiger charge is -2.22. The number of carbonyl (C=O) groups is 1. The van der Waals surface area contributed by atoms with Gasteiger partial charge in [-0.05, 0) is 36.5 Å². The minimum atomic E-state index is 0.134. The number of rotatable bonds is 3. The van der Waals surface area contributed by atoms with Gasteiger partial charge in [0.05, 0.1) is 0 Å². The Hall–Kier alpha value is -1.59. The molecule has 1 amide bonds. The second-order valence-corrected chi connectivity index (χ2v) is 7.79. The number of benzene rings is 1. The third kappa shape index (κ3) is 3.28. The molecule has 2 atom stereocenters. The number of aromatic nitrogens is 1. The van der Waals surface area contributed by atoms with Gasteiger partial charge in [-0.15, -0.1) is 11.3 Å². The summed E-state index contributed by atoms with van der Waals surface area (Å²) >= 11 is 7.74. The van der Waals surface area contributed by atoms with Crippen LogP contribution in [0.1, 0.15) is 24.3 Å². The summed E-state index contributed by atoms with van der Waals surface area (Å²) in [5, 5.41) is 3.81. The highest BCUT2D eigenvalue weighted by Gasteiger charge is 2.45. The molecule has 1 aliphatic heterocycles.